The molecule has 1 fully saturated rings. The van der Waals surface area contributed by atoms with Crippen LogP contribution in [0.5, 0.6) is 0 Å². The van der Waals surface area contributed by atoms with Crippen molar-refractivity contribution < 1.29 is 26.8 Å². The van der Waals surface area contributed by atoms with Crippen molar-refractivity contribution in [2.45, 2.75) is 25.7 Å². The van der Waals surface area contributed by atoms with Gasteiger partial charge in [0.15, 0.2) is 5.69 Å². The molecule has 2 aromatic rings. The lowest BCUT2D eigenvalue weighted by Crippen LogP contribution is -2.25. The van der Waals surface area contributed by atoms with Gasteiger partial charge in [-0.1, -0.05) is 16.4 Å². The number of rotatable bonds is 5. The smallest absolute Gasteiger partial charge is 0.156 e. The molecular formula is C16H17BrFN3O4S. The van der Waals surface area contributed by atoms with Crippen LogP contribution in [-0.2, 0) is 22.7 Å². The first kappa shape index (κ1) is 15.3. The monoisotopic (exact) mass is 448 g/mol. The summed E-state index contributed by atoms with van der Waals surface area (Å²) in [6.07, 6.45) is -0.134. The second-order valence-electron chi connectivity index (χ2n) is 5.90. The van der Waals surface area contributed by atoms with Gasteiger partial charge in [-0.2, -0.15) is 0 Å². The summed E-state index contributed by atoms with van der Waals surface area (Å²) in [5.41, 5.74) is -2.93. The average molecular weight is 449 g/mol. The number of hydrogen-bond acceptors (Lipinski definition) is 7. The summed E-state index contributed by atoms with van der Waals surface area (Å²) in [7, 11) is -4.19. The number of halogens is 2. The highest BCUT2D eigenvalue weighted by molar-refractivity contribution is 9.10. The second kappa shape index (κ2) is 7.83. The average Bonchev–Trinajstić information content (AvgIpc) is 3.08. The van der Waals surface area contributed by atoms with E-state index >= 15 is 0 Å². The Balaban J connectivity index is 1.80. The number of sulfone groups is 1. The molecule has 1 aliphatic rings. The highest BCUT2D eigenvalue weighted by atomic mass is 79.9. The van der Waals surface area contributed by atoms with Crippen molar-refractivity contribution in [2.24, 2.45) is 11.1 Å². The van der Waals surface area contributed by atoms with E-state index in [0.717, 1.165) is 0 Å². The highest BCUT2D eigenvalue weighted by Gasteiger charge is 2.27. The molecule has 1 aromatic carbocycles. The number of benzene rings is 1. The van der Waals surface area contributed by atoms with Crippen LogP contribution in [0.1, 0.15) is 33.9 Å². The van der Waals surface area contributed by atoms with Crippen molar-refractivity contribution in [1.82, 2.24) is 10.3 Å². The zero-order chi connectivity index (χ0) is 21.4. The molecule has 1 aliphatic heterocycles. The zero-order valence-corrected chi connectivity index (χ0v) is 15.8. The van der Waals surface area contributed by atoms with Gasteiger partial charge in [-0.3, -0.25) is 0 Å². The molecule has 26 heavy (non-hydrogen) atoms. The van der Waals surface area contributed by atoms with Crippen LogP contribution < -0.4 is 0 Å². The Morgan fingerprint density at radius 3 is 2.96 bits per heavy atom. The SMILES string of the molecule is [2H]C1CC(Cc2nonc2C(Cc2ccc(F)c(Br)c2)=NO)CC([2H])([2H])S1(=O)=O. The van der Waals surface area contributed by atoms with Crippen LogP contribution in [0.25, 0.3) is 0 Å². The van der Waals surface area contributed by atoms with Gasteiger partial charge < -0.3 is 5.21 Å². The van der Waals surface area contributed by atoms with E-state index in [4.69, 9.17) is 8.74 Å². The van der Waals surface area contributed by atoms with Crippen molar-refractivity contribution in [3.63, 3.8) is 0 Å². The maximum Gasteiger partial charge on any atom is 0.156 e. The molecule has 7 nitrogen and oxygen atoms in total. The van der Waals surface area contributed by atoms with Gasteiger partial charge in [0.2, 0.25) is 0 Å². The quantitative estimate of drug-likeness (QED) is 0.428. The van der Waals surface area contributed by atoms with E-state index in [9.17, 15) is 18.0 Å². The number of hydrogen-bond donors (Lipinski definition) is 1. The molecule has 0 amide bonds. The molecule has 0 radical (unpaired) electrons. The topological polar surface area (TPSA) is 106 Å². The molecule has 0 saturated carbocycles. The van der Waals surface area contributed by atoms with Gasteiger partial charge in [0.25, 0.3) is 0 Å². The van der Waals surface area contributed by atoms with E-state index in [-0.39, 0.29) is 47.3 Å². The maximum absolute atomic E-state index is 13.4. The van der Waals surface area contributed by atoms with Crippen LogP contribution in [0, 0.1) is 11.7 Å². The lowest BCUT2D eigenvalue weighted by atomic mass is 9.94. The summed E-state index contributed by atoms with van der Waals surface area (Å²) in [6.45, 7) is 0. The third-order valence-electron chi connectivity index (χ3n) is 4.01. The zero-order valence-electron chi connectivity index (χ0n) is 16.4. The Labute approximate surface area is 162 Å². The third-order valence-corrected chi connectivity index (χ3v) is 5.82. The van der Waals surface area contributed by atoms with Gasteiger partial charge in [-0.05, 0) is 64.0 Å². The molecule has 2 atom stereocenters. The minimum Gasteiger partial charge on any atom is -0.411 e. The van der Waals surface area contributed by atoms with Crippen molar-refractivity contribution in [3.05, 3.63) is 45.4 Å². The fraction of sp³-hybridized carbons (Fsp3) is 0.438. The lowest BCUT2D eigenvalue weighted by molar-refractivity contribution is 0.298. The Bertz CT molecular complexity index is 1050. The summed E-state index contributed by atoms with van der Waals surface area (Å²) in [6, 6.07) is 4.30. The van der Waals surface area contributed by atoms with Gasteiger partial charge in [0, 0.05) is 10.5 Å². The number of nitrogens with zero attached hydrogens (tertiary/aromatic N) is 3. The summed E-state index contributed by atoms with van der Waals surface area (Å²) in [4.78, 5) is 0. The molecule has 1 aromatic heterocycles. The Hall–Kier alpha value is -1.81. The van der Waals surface area contributed by atoms with E-state index in [0.29, 0.717) is 5.56 Å². The summed E-state index contributed by atoms with van der Waals surface area (Å²) in [5, 5.41) is 20.2. The van der Waals surface area contributed by atoms with Gasteiger partial charge in [-0.25, -0.2) is 17.4 Å². The molecule has 2 heterocycles. The Morgan fingerprint density at radius 2 is 2.27 bits per heavy atom. The largest absolute Gasteiger partial charge is 0.411 e. The first-order chi connectivity index (χ1) is 13.5. The molecule has 140 valence electrons. The van der Waals surface area contributed by atoms with E-state index in [1.807, 2.05) is 0 Å². The van der Waals surface area contributed by atoms with E-state index in [1.54, 1.807) is 0 Å². The minimum atomic E-state index is -4.19. The third kappa shape index (κ3) is 4.47. The minimum absolute atomic E-state index is 0.0509. The van der Waals surface area contributed by atoms with Crippen LogP contribution >= 0.6 is 15.9 Å². The molecular weight excluding hydrogens is 429 g/mol. The molecule has 0 aliphatic carbocycles. The standard InChI is InChI=1S/C16H17BrFN3O4S/c17-12-7-11(1-2-13(12)18)9-14(19-22)16-15(20-25-21-16)8-10-3-5-26(23,24)6-4-10/h1-2,7,10,22H,3-6,8-9H2/i5D,6D2. The van der Waals surface area contributed by atoms with Crippen molar-refractivity contribution in [3.8, 4) is 0 Å². The molecule has 1 saturated heterocycles. The predicted octanol–water partition coefficient (Wildman–Crippen LogP) is 2.76. The normalized spacial score (nSPS) is 26.7. The van der Waals surface area contributed by atoms with Crippen LogP contribution in [-0.4, -0.2) is 41.1 Å². The molecule has 3 rings (SSSR count). The van der Waals surface area contributed by atoms with Crippen molar-refractivity contribution >= 4 is 31.5 Å². The van der Waals surface area contributed by atoms with E-state index < -0.39 is 33.0 Å². The first-order valence-electron chi connectivity index (χ1n) is 9.25. The molecule has 10 heteroatoms. The summed E-state index contributed by atoms with van der Waals surface area (Å²) < 4.78 is 65.7. The van der Waals surface area contributed by atoms with Gasteiger partial charge in [-0.15, -0.1) is 0 Å². The van der Waals surface area contributed by atoms with Gasteiger partial charge >= 0.3 is 0 Å². The Kier molecular flexibility index (Phi) is 4.60. The van der Waals surface area contributed by atoms with Crippen molar-refractivity contribution in [1.29, 1.82) is 0 Å². The van der Waals surface area contributed by atoms with Crippen molar-refractivity contribution in [2.75, 3.05) is 11.4 Å². The fourth-order valence-electron chi connectivity index (χ4n) is 2.64. The van der Waals surface area contributed by atoms with Gasteiger partial charge in [0.05, 0.1) is 15.9 Å². The number of aromatic nitrogens is 2. The van der Waals surface area contributed by atoms with Crippen LogP contribution in [0.3, 0.4) is 0 Å². The number of oxime groups is 1. The Morgan fingerprint density at radius 1 is 1.46 bits per heavy atom. The highest BCUT2D eigenvalue weighted by Crippen LogP contribution is 2.24. The second-order valence-corrected chi connectivity index (χ2v) is 8.46. The maximum atomic E-state index is 13.4. The van der Waals surface area contributed by atoms with Crippen LogP contribution in [0.15, 0.2) is 32.5 Å². The summed E-state index contributed by atoms with van der Waals surface area (Å²) >= 11 is 3.09. The predicted molar refractivity (Wildman–Crippen MR) is 95.5 cm³/mol. The molecule has 2 unspecified atom stereocenters. The molecule has 0 spiro atoms. The molecule has 1 N–H and O–H groups in total. The summed E-state index contributed by atoms with van der Waals surface area (Å²) in [5.74, 6) is -0.923. The first-order valence-corrected chi connectivity index (χ1v) is 10.0. The van der Waals surface area contributed by atoms with Gasteiger partial charge in [0.1, 0.15) is 27.1 Å². The van der Waals surface area contributed by atoms with Crippen LogP contribution in [0.2, 0.25) is 0 Å². The fourth-order valence-corrected chi connectivity index (χ4v) is 4.17. The van der Waals surface area contributed by atoms with E-state index in [1.165, 1.54) is 18.2 Å². The lowest BCUT2D eigenvalue weighted by Gasteiger charge is -2.20. The van der Waals surface area contributed by atoms with E-state index in [2.05, 4.69) is 31.4 Å². The molecule has 0 bridgehead atoms. The van der Waals surface area contributed by atoms with Crippen LogP contribution in [0.4, 0.5) is 4.39 Å².